The molecular formula is C26H27N3O4. The predicted molar refractivity (Wildman–Crippen MR) is 126 cm³/mol. The molecule has 0 aliphatic carbocycles. The van der Waals surface area contributed by atoms with Gasteiger partial charge in [0.25, 0.3) is 17.6 Å². The summed E-state index contributed by atoms with van der Waals surface area (Å²) >= 11 is 0. The van der Waals surface area contributed by atoms with Crippen molar-refractivity contribution >= 4 is 17.6 Å². The van der Waals surface area contributed by atoms with Crippen molar-refractivity contribution in [2.24, 2.45) is 0 Å². The summed E-state index contributed by atoms with van der Waals surface area (Å²) in [5, 5.41) is 10.4. The van der Waals surface area contributed by atoms with E-state index in [9.17, 15) is 19.5 Å². The summed E-state index contributed by atoms with van der Waals surface area (Å²) in [6.07, 6.45) is 1.22. The van der Waals surface area contributed by atoms with E-state index in [4.69, 9.17) is 0 Å². The van der Waals surface area contributed by atoms with Crippen molar-refractivity contribution in [3.05, 3.63) is 84.1 Å². The number of hydrogen-bond acceptors (Lipinski definition) is 5. The maximum absolute atomic E-state index is 13.0. The summed E-state index contributed by atoms with van der Waals surface area (Å²) in [5.74, 6) is -2.07. The molecule has 170 valence electrons. The molecule has 1 atom stereocenters. The number of ketones is 1. The van der Waals surface area contributed by atoms with Crippen LogP contribution in [0.25, 0.3) is 11.3 Å². The number of pyridine rings is 1. The Hall–Kier alpha value is -4.00. The lowest BCUT2D eigenvalue weighted by atomic mass is 10.1. The van der Waals surface area contributed by atoms with Gasteiger partial charge >= 0.3 is 0 Å². The molecule has 1 heterocycles. The Kier molecular flexibility index (Phi) is 7.56. The fourth-order valence-electron chi connectivity index (χ4n) is 3.67. The van der Waals surface area contributed by atoms with Crippen molar-refractivity contribution < 1.29 is 19.5 Å². The van der Waals surface area contributed by atoms with Crippen molar-refractivity contribution in [3.63, 3.8) is 0 Å². The average Bonchev–Trinajstić information content (AvgIpc) is 2.84. The molecule has 0 fully saturated rings. The Morgan fingerprint density at radius 1 is 1.00 bits per heavy atom. The van der Waals surface area contributed by atoms with Gasteiger partial charge in [0.15, 0.2) is 0 Å². The fraction of sp³-hybridized carbons (Fsp3) is 0.231. The second-order valence-electron chi connectivity index (χ2n) is 7.77. The van der Waals surface area contributed by atoms with Gasteiger partial charge in [0.05, 0.1) is 11.3 Å². The van der Waals surface area contributed by atoms with Gasteiger partial charge < -0.3 is 14.9 Å². The van der Waals surface area contributed by atoms with Crippen LogP contribution in [0.3, 0.4) is 0 Å². The molecule has 0 bridgehead atoms. The highest BCUT2D eigenvalue weighted by Gasteiger charge is 2.29. The summed E-state index contributed by atoms with van der Waals surface area (Å²) in [5.41, 5.74) is 1.68. The molecule has 0 unspecified atom stereocenters. The summed E-state index contributed by atoms with van der Waals surface area (Å²) in [6, 6.07) is 19.0. The molecular weight excluding hydrogens is 418 g/mol. The van der Waals surface area contributed by atoms with Crippen LogP contribution in [0.5, 0.6) is 5.75 Å². The van der Waals surface area contributed by atoms with E-state index in [1.807, 2.05) is 36.4 Å². The maximum Gasteiger partial charge on any atom is 0.295 e. The molecule has 2 amide bonds. The largest absolute Gasteiger partial charge is 0.507 e. The third-order valence-corrected chi connectivity index (χ3v) is 5.43. The average molecular weight is 446 g/mol. The molecule has 0 saturated heterocycles. The molecule has 1 aromatic heterocycles. The first-order valence-electron chi connectivity index (χ1n) is 10.7. The molecule has 2 aromatic carbocycles. The molecule has 0 aliphatic rings. The lowest BCUT2D eigenvalue weighted by Crippen LogP contribution is -2.48. The minimum Gasteiger partial charge on any atom is -0.507 e. The number of carbonyl (C=O) groups is 3. The lowest BCUT2D eigenvalue weighted by Gasteiger charge is -2.31. The number of aromatic hydroxyl groups is 1. The third kappa shape index (κ3) is 5.44. The van der Waals surface area contributed by atoms with E-state index in [2.05, 4.69) is 4.98 Å². The molecule has 1 N–H and O–H groups in total. The first-order valence-corrected chi connectivity index (χ1v) is 10.7. The van der Waals surface area contributed by atoms with Crippen LogP contribution in [0.4, 0.5) is 0 Å². The zero-order chi connectivity index (χ0) is 24.0. The number of nitrogens with zero attached hydrogens (tertiary/aromatic N) is 3. The maximum atomic E-state index is 13.0. The molecule has 0 saturated carbocycles. The Morgan fingerprint density at radius 2 is 1.61 bits per heavy atom. The number of likely N-dealkylation sites (N-methyl/N-ethyl adjacent to an activating group) is 2. The molecule has 7 heteroatoms. The van der Waals surface area contributed by atoms with Gasteiger partial charge in [-0.3, -0.25) is 19.4 Å². The summed E-state index contributed by atoms with van der Waals surface area (Å²) < 4.78 is 0. The topological polar surface area (TPSA) is 90.8 Å². The third-order valence-electron chi connectivity index (χ3n) is 5.43. The standard InChI is InChI=1S/C26H27N3O4/c1-4-29(18(2)17-28(3)25(32)20-13-9-6-10-14-20)26(33)24(31)21-16-27-22(15-23(21)30)19-11-7-5-8-12-19/h5-16,18H,4,17H2,1-3H3,(H,27,30)/t18-/m1/s1. The van der Waals surface area contributed by atoms with E-state index in [1.165, 1.54) is 22.1 Å². The van der Waals surface area contributed by atoms with Gasteiger partial charge in [-0.25, -0.2) is 0 Å². The SMILES string of the molecule is CCN(C(=O)C(=O)c1cnc(-c2ccccc2)cc1O)[C@H](C)CN(C)C(=O)c1ccccc1. The zero-order valence-electron chi connectivity index (χ0n) is 18.9. The van der Waals surface area contributed by atoms with Gasteiger partial charge in [-0.2, -0.15) is 0 Å². The first kappa shape index (κ1) is 23.7. The van der Waals surface area contributed by atoms with E-state index in [0.29, 0.717) is 11.3 Å². The minimum absolute atomic E-state index is 0.154. The Balaban J connectivity index is 1.72. The molecule has 7 nitrogen and oxygen atoms in total. The highest BCUT2D eigenvalue weighted by Crippen LogP contribution is 2.25. The van der Waals surface area contributed by atoms with E-state index in [-0.39, 0.29) is 30.3 Å². The van der Waals surface area contributed by atoms with Crippen LogP contribution in [0, 0.1) is 0 Å². The minimum atomic E-state index is -0.842. The van der Waals surface area contributed by atoms with Crippen LogP contribution < -0.4 is 0 Å². The number of benzene rings is 2. The van der Waals surface area contributed by atoms with Crippen LogP contribution in [0.1, 0.15) is 34.6 Å². The van der Waals surface area contributed by atoms with Crippen molar-refractivity contribution in [1.29, 1.82) is 0 Å². The monoisotopic (exact) mass is 445 g/mol. The number of amides is 2. The van der Waals surface area contributed by atoms with Crippen LogP contribution in [0.2, 0.25) is 0 Å². The number of aromatic nitrogens is 1. The zero-order valence-corrected chi connectivity index (χ0v) is 18.9. The second-order valence-corrected chi connectivity index (χ2v) is 7.77. The first-order chi connectivity index (χ1) is 15.8. The Labute approximate surface area is 193 Å². The van der Waals surface area contributed by atoms with Gasteiger partial charge in [0, 0.05) is 49.6 Å². The highest BCUT2D eigenvalue weighted by molar-refractivity contribution is 6.43. The number of hydrogen-bond donors (Lipinski definition) is 1. The van der Waals surface area contributed by atoms with Crippen molar-refractivity contribution in [3.8, 4) is 17.0 Å². The molecule has 3 aromatic rings. The van der Waals surface area contributed by atoms with Gasteiger partial charge in [0.1, 0.15) is 5.75 Å². The van der Waals surface area contributed by atoms with Crippen molar-refractivity contribution in [1.82, 2.24) is 14.8 Å². The number of Topliss-reactive ketones (excluding diaryl/α,β-unsaturated/α-hetero) is 1. The normalized spacial score (nSPS) is 11.5. The van der Waals surface area contributed by atoms with Crippen LogP contribution in [-0.4, -0.2) is 63.7 Å². The van der Waals surface area contributed by atoms with E-state index < -0.39 is 17.7 Å². The van der Waals surface area contributed by atoms with Gasteiger partial charge in [-0.05, 0) is 26.0 Å². The smallest absolute Gasteiger partial charge is 0.295 e. The van der Waals surface area contributed by atoms with Gasteiger partial charge in [-0.1, -0.05) is 48.5 Å². The van der Waals surface area contributed by atoms with Gasteiger partial charge in [0.2, 0.25) is 0 Å². The number of carbonyl (C=O) groups excluding carboxylic acids is 3. The van der Waals surface area contributed by atoms with E-state index in [0.717, 1.165) is 5.56 Å². The fourth-order valence-corrected chi connectivity index (χ4v) is 3.67. The van der Waals surface area contributed by atoms with Crippen LogP contribution >= 0.6 is 0 Å². The Morgan fingerprint density at radius 3 is 2.18 bits per heavy atom. The van der Waals surface area contributed by atoms with E-state index in [1.54, 1.807) is 45.2 Å². The second kappa shape index (κ2) is 10.5. The quantitative estimate of drug-likeness (QED) is 0.422. The van der Waals surface area contributed by atoms with E-state index >= 15 is 0 Å². The number of rotatable bonds is 8. The molecule has 0 radical (unpaired) electrons. The molecule has 3 rings (SSSR count). The molecule has 33 heavy (non-hydrogen) atoms. The van der Waals surface area contributed by atoms with Crippen LogP contribution in [-0.2, 0) is 4.79 Å². The summed E-state index contributed by atoms with van der Waals surface area (Å²) in [6.45, 7) is 4.06. The summed E-state index contributed by atoms with van der Waals surface area (Å²) in [4.78, 5) is 45.6. The molecule has 0 aliphatic heterocycles. The Bertz CT molecular complexity index is 1130. The van der Waals surface area contributed by atoms with Gasteiger partial charge in [-0.15, -0.1) is 0 Å². The highest BCUT2D eigenvalue weighted by atomic mass is 16.3. The van der Waals surface area contributed by atoms with Crippen molar-refractivity contribution in [2.75, 3.05) is 20.1 Å². The predicted octanol–water partition coefficient (Wildman–Crippen LogP) is 3.65. The summed E-state index contributed by atoms with van der Waals surface area (Å²) in [7, 11) is 1.66. The van der Waals surface area contributed by atoms with Crippen molar-refractivity contribution in [2.45, 2.75) is 19.9 Å². The molecule has 0 spiro atoms. The van der Waals surface area contributed by atoms with Crippen LogP contribution in [0.15, 0.2) is 72.9 Å². The lowest BCUT2D eigenvalue weighted by molar-refractivity contribution is -0.128.